The van der Waals surface area contributed by atoms with E-state index >= 15 is 0 Å². The van der Waals surface area contributed by atoms with Crippen LogP contribution in [0.4, 0.5) is 0 Å². The van der Waals surface area contributed by atoms with Crippen molar-refractivity contribution in [2.45, 2.75) is 6.54 Å². The topological polar surface area (TPSA) is 63.6 Å². The molecule has 2 aromatic heterocycles. The van der Waals surface area contributed by atoms with Gasteiger partial charge in [-0.1, -0.05) is 24.8 Å². The van der Waals surface area contributed by atoms with Crippen molar-refractivity contribution in [1.82, 2.24) is 19.7 Å². The van der Waals surface area contributed by atoms with Gasteiger partial charge in [-0.3, -0.25) is 4.79 Å². The standard InChI is InChI=1S/C14H12N4O/c1-10(13-15-6-7-16-13)9-18-14(19)12-5-3-2-4-11(12)8-17-18/h2-8H,1,9H2,(H,15,16). The minimum atomic E-state index is -0.120. The zero-order chi connectivity index (χ0) is 13.2. The Hall–Kier alpha value is -2.69. The van der Waals surface area contributed by atoms with Crippen molar-refractivity contribution in [1.29, 1.82) is 0 Å². The molecule has 3 rings (SSSR count). The number of benzene rings is 1. The lowest BCUT2D eigenvalue weighted by atomic mass is 10.2. The van der Waals surface area contributed by atoms with Gasteiger partial charge in [0.15, 0.2) is 0 Å². The van der Waals surface area contributed by atoms with Gasteiger partial charge in [0.05, 0.1) is 18.1 Å². The molecule has 0 aliphatic heterocycles. The van der Waals surface area contributed by atoms with Crippen molar-refractivity contribution in [3.05, 3.63) is 65.6 Å². The van der Waals surface area contributed by atoms with E-state index in [0.717, 1.165) is 11.0 Å². The first-order valence-corrected chi connectivity index (χ1v) is 5.88. The van der Waals surface area contributed by atoms with Crippen LogP contribution in [-0.4, -0.2) is 19.7 Å². The third kappa shape index (κ3) is 2.06. The summed E-state index contributed by atoms with van der Waals surface area (Å²) in [5.74, 6) is 0.668. The van der Waals surface area contributed by atoms with Crippen molar-refractivity contribution in [3.63, 3.8) is 0 Å². The fraction of sp³-hybridized carbons (Fsp3) is 0.0714. The molecule has 1 N–H and O–H groups in total. The van der Waals surface area contributed by atoms with E-state index in [1.54, 1.807) is 24.7 Å². The first kappa shape index (κ1) is 11.4. The summed E-state index contributed by atoms with van der Waals surface area (Å²) in [5.41, 5.74) is 0.598. The highest BCUT2D eigenvalue weighted by atomic mass is 16.1. The molecule has 0 atom stereocenters. The maximum Gasteiger partial charge on any atom is 0.274 e. The van der Waals surface area contributed by atoms with Gasteiger partial charge < -0.3 is 4.98 Å². The number of hydrogen-bond acceptors (Lipinski definition) is 3. The van der Waals surface area contributed by atoms with Crippen LogP contribution in [0.5, 0.6) is 0 Å². The normalized spacial score (nSPS) is 10.7. The maximum absolute atomic E-state index is 12.3. The van der Waals surface area contributed by atoms with Crippen LogP contribution in [-0.2, 0) is 6.54 Å². The molecule has 19 heavy (non-hydrogen) atoms. The monoisotopic (exact) mass is 252 g/mol. The van der Waals surface area contributed by atoms with E-state index in [1.165, 1.54) is 4.68 Å². The van der Waals surface area contributed by atoms with E-state index in [1.807, 2.05) is 18.2 Å². The van der Waals surface area contributed by atoms with Crippen LogP contribution in [0, 0.1) is 0 Å². The van der Waals surface area contributed by atoms with Crippen LogP contribution in [0.2, 0.25) is 0 Å². The summed E-state index contributed by atoms with van der Waals surface area (Å²) >= 11 is 0. The lowest BCUT2D eigenvalue weighted by Gasteiger charge is -2.06. The van der Waals surface area contributed by atoms with Gasteiger partial charge >= 0.3 is 0 Å². The van der Waals surface area contributed by atoms with E-state index in [-0.39, 0.29) is 5.56 Å². The number of rotatable bonds is 3. The van der Waals surface area contributed by atoms with Gasteiger partial charge in [0.25, 0.3) is 5.56 Å². The molecule has 0 radical (unpaired) electrons. The summed E-state index contributed by atoms with van der Waals surface area (Å²) in [6.45, 7) is 4.24. The molecule has 0 aliphatic carbocycles. The Balaban J connectivity index is 2.00. The number of nitrogens with zero attached hydrogens (tertiary/aromatic N) is 3. The Bertz CT molecular complexity index is 787. The summed E-state index contributed by atoms with van der Waals surface area (Å²) in [6.07, 6.45) is 5.06. The number of allylic oxidation sites excluding steroid dienone is 1. The third-order valence-electron chi connectivity index (χ3n) is 2.94. The molecule has 0 amide bonds. The van der Waals surface area contributed by atoms with Crippen molar-refractivity contribution in [2.24, 2.45) is 0 Å². The zero-order valence-electron chi connectivity index (χ0n) is 10.2. The summed E-state index contributed by atoms with van der Waals surface area (Å²) in [6, 6.07) is 7.39. The van der Waals surface area contributed by atoms with E-state index < -0.39 is 0 Å². The van der Waals surface area contributed by atoms with Crippen LogP contribution in [0.25, 0.3) is 16.3 Å². The van der Waals surface area contributed by atoms with Gasteiger partial charge in [-0.25, -0.2) is 9.67 Å². The highest BCUT2D eigenvalue weighted by Crippen LogP contribution is 2.10. The molecule has 5 nitrogen and oxygen atoms in total. The lowest BCUT2D eigenvalue weighted by molar-refractivity contribution is 0.668. The van der Waals surface area contributed by atoms with Crippen molar-refractivity contribution in [2.75, 3.05) is 0 Å². The minimum Gasteiger partial charge on any atom is -0.345 e. The molecule has 1 aromatic carbocycles. The molecule has 3 aromatic rings. The van der Waals surface area contributed by atoms with E-state index in [2.05, 4.69) is 21.6 Å². The van der Waals surface area contributed by atoms with E-state index in [9.17, 15) is 4.79 Å². The van der Waals surface area contributed by atoms with Gasteiger partial charge in [0.1, 0.15) is 5.82 Å². The van der Waals surface area contributed by atoms with Gasteiger partial charge in [0.2, 0.25) is 0 Å². The highest BCUT2D eigenvalue weighted by molar-refractivity contribution is 5.80. The maximum atomic E-state index is 12.3. The van der Waals surface area contributed by atoms with Crippen LogP contribution >= 0.6 is 0 Å². The summed E-state index contributed by atoms with van der Waals surface area (Å²) < 4.78 is 1.40. The molecule has 5 heteroatoms. The first-order valence-electron chi connectivity index (χ1n) is 5.88. The molecule has 0 fully saturated rings. The summed E-state index contributed by atoms with van der Waals surface area (Å²) in [7, 11) is 0. The number of hydrogen-bond donors (Lipinski definition) is 1. The van der Waals surface area contributed by atoms with Crippen LogP contribution < -0.4 is 5.56 Å². The van der Waals surface area contributed by atoms with Gasteiger partial charge in [-0.2, -0.15) is 5.10 Å². The zero-order valence-corrected chi connectivity index (χ0v) is 10.2. The van der Waals surface area contributed by atoms with Gasteiger partial charge in [-0.15, -0.1) is 0 Å². The van der Waals surface area contributed by atoms with Crippen LogP contribution in [0.15, 0.2) is 54.2 Å². The largest absolute Gasteiger partial charge is 0.345 e. The van der Waals surface area contributed by atoms with Crippen LogP contribution in [0.3, 0.4) is 0 Å². The molecular weight excluding hydrogens is 240 g/mol. The first-order chi connectivity index (χ1) is 9.25. The minimum absolute atomic E-state index is 0.120. The molecule has 0 spiro atoms. The SMILES string of the molecule is C=C(Cn1ncc2ccccc2c1=O)c1ncc[nH]1. The second-order valence-electron chi connectivity index (χ2n) is 4.24. The van der Waals surface area contributed by atoms with Gasteiger partial charge in [-0.05, 0) is 6.07 Å². The fourth-order valence-electron chi connectivity index (χ4n) is 1.95. The summed E-state index contributed by atoms with van der Waals surface area (Å²) in [5, 5.41) is 5.66. The quantitative estimate of drug-likeness (QED) is 0.773. The number of H-pyrrole nitrogens is 1. The van der Waals surface area contributed by atoms with Crippen molar-refractivity contribution in [3.8, 4) is 0 Å². The predicted octanol–water partition coefficient (Wildman–Crippen LogP) is 1.83. The molecular formula is C14H12N4O. The second kappa shape index (κ2) is 4.53. The Labute approximate surface area is 109 Å². The van der Waals surface area contributed by atoms with Gasteiger partial charge in [0, 0.05) is 23.4 Å². The van der Waals surface area contributed by atoms with Crippen molar-refractivity contribution >= 4 is 16.3 Å². The molecule has 0 aliphatic rings. The second-order valence-corrected chi connectivity index (χ2v) is 4.24. The van der Waals surface area contributed by atoms with E-state index in [4.69, 9.17) is 0 Å². The number of aromatic amines is 1. The number of imidazole rings is 1. The molecule has 2 heterocycles. The molecule has 0 saturated carbocycles. The Kier molecular flexibility index (Phi) is 2.72. The number of fused-ring (bicyclic) bond motifs is 1. The number of aromatic nitrogens is 4. The molecule has 0 unspecified atom stereocenters. The smallest absolute Gasteiger partial charge is 0.274 e. The lowest BCUT2D eigenvalue weighted by Crippen LogP contribution is -2.23. The van der Waals surface area contributed by atoms with Crippen LogP contribution in [0.1, 0.15) is 5.82 Å². The molecule has 0 saturated heterocycles. The van der Waals surface area contributed by atoms with Crippen molar-refractivity contribution < 1.29 is 0 Å². The highest BCUT2D eigenvalue weighted by Gasteiger charge is 2.07. The average Bonchev–Trinajstić information content (AvgIpc) is 2.96. The fourth-order valence-corrected chi connectivity index (χ4v) is 1.95. The Morgan fingerprint density at radius 3 is 3.00 bits per heavy atom. The van der Waals surface area contributed by atoms with E-state index in [0.29, 0.717) is 17.8 Å². The number of nitrogens with one attached hydrogen (secondary N) is 1. The summed E-state index contributed by atoms with van der Waals surface area (Å²) in [4.78, 5) is 19.3. The Morgan fingerprint density at radius 1 is 1.37 bits per heavy atom. The third-order valence-corrected chi connectivity index (χ3v) is 2.94. The Morgan fingerprint density at radius 2 is 2.21 bits per heavy atom. The predicted molar refractivity (Wildman–Crippen MR) is 73.6 cm³/mol. The molecule has 94 valence electrons. The average molecular weight is 252 g/mol. The molecule has 0 bridgehead atoms.